The molecule has 0 saturated heterocycles. The van der Waals surface area contributed by atoms with Gasteiger partial charge in [0.15, 0.2) is 0 Å². The van der Waals surface area contributed by atoms with Gasteiger partial charge in [-0.15, -0.1) is 0 Å². The van der Waals surface area contributed by atoms with E-state index in [-0.39, 0.29) is 18.4 Å². The lowest BCUT2D eigenvalue weighted by atomic mass is 10.0. The normalized spacial score (nSPS) is 11.9. The highest BCUT2D eigenvalue weighted by Crippen LogP contribution is 2.12. The fourth-order valence-electron chi connectivity index (χ4n) is 1.54. The molecular formula is C14H26O6. The number of hydrogen-bond donors (Lipinski definition) is 0. The molecule has 0 aromatic carbocycles. The van der Waals surface area contributed by atoms with E-state index in [1.807, 2.05) is 6.92 Å². The van der Waals surface area contributed by atoms with Gasteiger partial charge in [0.2, 0.25) is 0 Å². The lowest BCUT2D eigenvalue weighted by Crippen LogP contribution is -2.22. The van der Waals surface area contributed by atoms with Crippen molar-refractivity contribution in [3.05, 3.63) is 0 Å². The van der Waals surface area contributed by atoms with Crippen LogP contribution >= 0.6 is 0 Å². The summed E-state index contributed by atoms with van der Waals surface area (Å²) in [6, 6.07) is 0. The van der Waals surface area contributed by atoms with Gasteiger partial charge in [-0.1, -0.05) is 6.92 Å². The zero-order valence-corrected chi connectivity index (χ0v) is 12.7. The number of hydrogen-bond acceptors (Lipinski definition) is 6. The van der Waals surface area contributed by atoms with Gasteiger partial charge in [-0.3, -0.25) is 9.59 Å². The molecule has 6 nitrogen and oxygen atoms in total. The molecule has 20 heavy (non-hydrogen) atoms. The van der Waals surface area contributed by atoms with Crippen LogP contribution in [-0.2, 0) is 28.5 Å². The third kappa shape index (κ3) is 9.75. The summed E-state index contributed by atoms with van der Waals surface area (Å²) in [5.74, 6) is -1.16. The van der Waals surface area contributed by atoms with Crippen molar-refractivity contribution in [2.24, 2.45) is 5.92 Å². The number of methoxy groups -OCH3 is 2. The van der Waals surface area contributed by atoms with Crippen molar-refractivity contribution in [1.82, 2.24) is 0 Å². The zero-order valence-electron chi connectivity index (χ0n) is 12.7. The molecule has 0 aliphatic carbocycles. The minimum absolute atomic E-state index is 0.0621. The number of carbonyl (C=O) groups is 2. The van der Waals surface area contributed by atoms with E-state index in [1.54, 1.807) is 14.2 Å². The van der Waals surface area contributed by atoms with Gasteiger partial charge in [-0.05, 0) is 6.42 Å². The van der Waals surface area contributed by atoms with E-state index in [4.69, 9.17) is 18.9 Å². The van der Waals surface area contributed by atoms with E-state index >= 15 is 0 Å². The van der Waals surface area contributed by atoms with Gasteiger partial charge in [0.25, 0.3) is 0 Å². The van der Waals surface area contributed by atoms with Crippen LogP contribution in [0.15, 0.2) is 0 Å². The molecule has 0 saturated carbocycles. The quantitative estimate of drug-likeness (QED) is 0.401. The van der Waals surface area contributed by atoms with E-state index in [0.717, 1.165) is 0 Å². The van der Waals surface area contributed by atoms with Crippen LogP contribution < -0.4 is 0 Å². The van der Waals surface area contributed by atoms with Crippen LogP contribution in [0.5, 0.6) is 0 Å². The summed E-state index contributed by atoms with van der Waals surface area (Å²) < 4.78 is 19.8. The lowest BCUT2D eigenvalue weighted by molar-refractivity contribution is -0.155. The molecular weight excluding hydrogens is 264 g/mol. The summed E-state index contributed by atoms with van der Waals surface area (Å²) in [5, 5.41) is 0. The first-order valence-electron chi connectivity index (χ1n) is 6.95. The first-order chi connectivity index (χ1) is 9.65. The number of ether oxygens (including phenoxy) is 4. The Bertz CT molecular complexity index is 266. The molecule has 0 radical (unpaired) electrons. The number of carbonyl (C=O) groups excluding carboxylic acids is 2. The zero-order chi connectivity index (χ0) is 15.2. The molecule has 0 aliphatic rings. The minimum Gasteiger partial charge on any atom is -0.466 e. The van der Waals surface area contributed by atoms with Gasteiger partial charge >= 0.3 is 11.9 Å². The average molecular weight is 290 g/mol. The lowest BCUT2D eigenvalue weighted by Gasteiger charge is -2.13. The van der Waals surface area contributed by atoms with Crippen LogP contribution in [0.3, 0.4) is 0 Å². The van der Waals surface area contributed by atoms with E-state index in [1.165, 1.54) is 0 Å². The van der Waals surface area contributed by atoms with Crippen molar-refractivity contribution in [2.45, 2.75) is 32.6 Å². The van der Waals surface area contributed by atoms with Crippen LogP contribution in [0.2, 0.25) is 0 Å². The predicted molar refractivity (Wildman–Crippen MR) is 73.3 cm³/mol. The fraction of sp³-hybridized carbons (Fsp3) is 0.857. The van der Waals surface area contributed by atoms with Crippen LogP contribution in [0.25, 0.3) is 0 Å². The highest BCUT2D eigenvalue weighted by Gasteiger charge is 2.22. The highest BCUT2D eigenvalue weighted by atomic mass is 16.5. The topological polar surface area (TPSA) is 71.1 Å². The Morgan fingerprint density at radius 3 is 1.95 bits per heavy atom. The van der Waals surface area contributed by atoms with Crippen LogP contribution in [-0.4, -0.2) is 52.6 Å². The second-order valence-electron chi connectivity index (χ2n) is 4.39. The molecule has 6 heteroatoms. The van der Waals surface area contributed by atoms with Gasteiger partial charge in [0, 0.05) is 40.3 Å². The largest absolute Gasteiger partial charge is 0.466 e. The maximum absolute atomic E-state index is 11.8. The van der Waals surface area contributed by atoms with E-state index in [0.29, 0.717) is 45.7 Å². The van der Waals surface area contributed by atoms with Gasteiger partial charge < -0.3 is 18.9 Å². The maximum Gasteiger partial charge on any atom is 0.309 e. The Morgan fingerprint density at radius 2 is 1.45 bits per heavy atom. The summed E-state index contributed by atoms with van der Waals surface area (Å²) in [7, 11) is 3.19. The summed E-state index contributed by atoms with van der Waals surface area (Å²) in [6.07, 6.45) is 1.92. The van der Waals surface area contributed by atoms with E-state index < -0.39 is 5.92 Å². The van der Waals surface area contributed by atoms with Gasteiger partial charge in [-0.2, -0.15) is 0 Å². The van der Waals surface area contributed by atoms with Crippen LogP contribution in [0, 0.1) is 5.92 Å². The molecule has 1 unspecified atom stereocenters. The Balaban J connectivity index is 3.87. The van der Waals surface area contributed by atoms with Crippen molar-refractivity contribution in [1.29, 1.82) is 0 Å². The van der Waals surface area contributed by atoms with E-state index in [2.05, 4.69) is 0 Å². The smallest absolute Gasteiger partial charge is 0.309 e. The molecule has 0 amide bonds. The molecule has 0 heterocycles. The first kappa shape index (κ1) is 18.9. The third-order valence-electron chi connectivity index (χ3n) is 2.73. The molecule has 0 N–H and O–H groups in total. The molecule has 0 aromatic heterocycles. The molecule has 0 aliphatic heterocycles. The predicted octanol–water partition coefficient (Wildman–Crippen LogP) is 1.56. The Labute approximate surface area is 120 Å². The van der Waals surface area contributed by atoms with Gasteiger partial charge in [-0.25, -0.2) is 0 Å². The van der Waals surface area contributed by atoms with Crippen LogP contribution in [0.4, 0.5) is 0 Å². The highest BCUT2D eigenvalue weighted by molar-refractivity contribution is 5.79. The summed E-state index contributed by atoms with van der Waals surface area (Å²) in [4.78, 5) is 23.3. The Hall–Kier alpha value is -1.14. The van der Waals surface area contributed by atoms with Crippen LogP contribution in [0.1, 0.15) is 32.6 Å². The van der Waals surface area contributed by atoms with E-state index in [9.17, 15) is 9.59 Å². The van der Waals surface area contributed by atoms with Gasteiger partial charge in [0.1, 0.15) is 0 Å². The van der Waals surface area contributed by atoms with Crippen molar-refractivity contribution in [2.75, 3.05) is 40.6 Å². The standard InChI is InChI=1S/C14H26O6/c1-4-12(14(16)20-10-6-8-18-3)11-13(15)19-9-5-7-17-2/h12H,4-11H2,1-3H3. The number of esters is 2. The molecule has 1 atom stereocenters. The second kappa shape index (κ2) is 12.9. The molecule has 0 spiro atoms. The maximum atomic E-state index is 11.8. The van der Waals surface area contributed by atoms with Crippen molar-refractivity contribution >= 4 is 11.9 Å². The molecule has 0 aromatic rings. The molecule has 0 bridgehead atoms. The second-order valence-corrected chi connectivity index (χ2v) is 4.39. The van der Waals surface area contributed by atoms with Crippen molar-refractivity contribution in [3.63, 3.8) is 0 Å². The number of rotatable bonds is 12. The third-order valence-corrected chi connectivity index (χ3v) is 2.73. The monoisotopic (exact) mass is 290 g/mol. The molecule has 0 fully saturated rings. The minimum atomic E-state index is -0.438. The summed E-state index contributed by atoms with van der Waals surface area (Å²) in [5.41, 5.74) is 0. The summed E-state index contributed by atoms with van der Waals surface area (Å²) in [6.45, 7) is 3.56. The summed E-state index contributed by atoms with van der Waals surface area (Å²) >= 11 is 0. The fourth-order valence-corrected chi connectivity index (χ4v) is 1.54. The Kier molecular flexibility index (Phi) is 12.1. The first-order valence-corrected chi connectivity index (χ1v) is 6.95. The van der Waals surface area contributed by atoms with Crippen molar-refractivity contribution < 1.29 is 28.5 Å². The SMILES string of the molecule is CCC(CC(=O)OCCCOC)C(=O)OCCCOC. The van der Waals surface area contributed by atoms with Gasteiger partial charge in [0.05, 0.1) is 25.6 Å². The van der Waals surface area contributed by atoms with Crippen molar-refractivity contribution in [3.8, 4) is 0 Å². The average Bonchev–Trinajstić information content (AvgIpc) is 2.45. The Morgan fingerprint density at radius 1 is 0.900 bits per heavy atom. The molecule has 0 rings (SSSR count). The molecule has 118 valence electrons.